The lowest BCUT2D eigenvalue weighted by atomic mass is 9.98. The van der Waals surface area contributed by atoms with Crippen LogP contribution >= 0.6 is 0 Å². The fraction of sp³-hybridized carbons (Fsp3) is 0.500. The Morgan fingerprint density at radius 2 is 1.71 bits per heavy atom. The fourth-order valence-electron chi connectivity index (χ4n) is 1.66. The largest absolute Gasteiger partial charge is 0.464 e. The highest BCUT2D eigenvalue weighted by Gasteiger charge is 2.43. The molecule has 0 bridgehead atoms. The van der Waals surface area contributed by atoms with Gasteiger partial charge < -0.3 is 15.2 Å². The molecule has 5 heteroatoms. The second-order valence-corrected chi connectivity index (χ2v) is 4.88. The van der Waals surface area contributed by atoms with Crippen LogP contribution in [0.4, 0.5) is 0 Å². The maximum absolute atomic E-state index is 12.1. The minimum Gasteiger partial charge on any atom is -0.464 e. The van der Waals surface area contributed by atoms with Crippen molar-refractivity contribution >= 4 is 11.9 Å². The molecule has 0 saturated carbocycles. The molecular weight excluding hydrogens is 270 g/mol. The van der Waals surface area contributed by atoms with E-state index in [1.165, 1.54) is 0 Å². The molecule has 0 spiro atoms. The van der Waals surface area contributed by atoms with Crippen LogP contribution in [-0.4, -0.2) is 24.1 Å². The SMILES string of the molecule is CCCCOC(=O)C(N)(CC)C(=O)OCc1ccccc1. The second-order valence-electron chi connectivity index (χ2n) is 4.88. The number of unbranched alkanes of at least 4 members (excludes halogenated alkanes) is 1. The van der Waals surface area contributed by atoms with E-state index in [1.807, 2.05) is 37.3 Å². The van der Waals surface area contributed by atoms with Crippen molar-refractivity contribution in [3.8, 4) is 0 Å². The van der Waals surface area contributed by atoms with Crippen LogP contribution in [0.25, 0.3) is 0 Å². The number of benzene rings is 1. The molecule has 1 rings (SSSR count). The van der Waals surface area contributed by atoms with E-state index in [0.29, 0.717) is 0 Å². The number of hydrogen-bond donors (Lipinski definition) is 1. The minimum atomic E-state index is -1.73. The van der Waals surface area contributed by atoms with E-state index in [9.17, 15) is 9.59 Å². The Morgan fingerprint density at radius 3 is 2.29 bits per heavy atom. The summed E-state index contributed by atoms with van der Waals surface area (Å²) in [5.41, 5.74) is 4.98. The summed E-state index contributed by atoms with van der Waals surface area (Å²) in [7, 11) is 0. The monoisotopic (exact) mass is 293 g/mol. The van der Waals surface area contributed by atoms with Crippen LogP contribution in [0.15, 0.2) is 30.3 Å². The van der Waals surface area contributed by atoms with E-state index in [0.717, 1.165) is 18.4 Å². The second kappa shape index (κ2) is 8.42. The predicted octanol–water partition coefficient (Wildman–Crippen LogP) is 2.18. The number of carbonyl (C=O) groups is 2. The Kier molecular flexibility index (Phi) is 6.88. The van der Waals surface area contributed by atoms with Gasteiger partial charge in [0.05, 0.1) is 6.61 Å². The Labute approximate surface area is 125 Å². The molecule has 0 saturated heterocycles. The highest BCUT2D eigenvalue weighted by Crippen LogP contribution is 2.14. The van der Waals surface area contributed by atoms with Gasteiger partial charge >= 0.3 is 11.9 Å². The lowest BCUT2D eigenvalue weighted by molar-refractivity contribution is -0.165. The normalized spacial score (nSPS) is 13.3. The summed E-state index contributed by atoms with van der Waals surface area (Å²) in [5, 5.41) is 0. The molecular formula is C16H23NO4. The lowest BCUT2D eigenvalue weighted by Gasteiger charge is -2.23. The van der Waals surface area contributed by atoms with Crippen LogP contribution in [0.1, 0.15) is 38.7 Å². The zero-order chi connectivity index (χ0) is 15.7. The quantitative estimate of drug-likeness (QED) is 0.451. The fourth-order valence-corrected chi connectivity index (χ4v) is 1.66. The van der Waals surface area contributed by atoms with Crippen LogP contribution in [0.3, 0.4) is 0 Å². The number of nitrogens with two attached hydrogens (primary N) is 1. The molecule has 0 aliphatic carbocycles. The van der Waals surface area contributed by atoms with E-state index in [1.54, 1.807) is 6.92 Å². The first-order valence-corrected chi connectivity index (χ1v) is 7.21. The summed E-state index contributed by atoms with van der Waals surface area (Å²) < 4.78 is 10.2. The Bertz CT molecular complexity index is 461. The van der Waals surface area contributed by atoms with Gasteiger partial charge in [0.2, 0.25) is 5.54 Å². The smallest absolute Gasteiger partial charge is 0.338 e. The van der Waals surface area contributed by atoms with Crippen molar-refractivity contribution in [2.24, 2.45) is 5.73 Å². The summed E-state index contributed by atoms with van der Waals surface area (Å²) in [4.78, 5) is 24.1. The van der Waals surface area contributed by atoms with Crippen LogP contribution in [-0.2, 0) is 25.7 Å². The highest BCUT2D eigenvalue weighted by molar-refractivity contribution is 6.04. The number of ether oxygens (including phenoxy) is 2. The zero-order valence-electron chi connectivity index (χ0n) is 12.6. The van der Waals surface area contributed by atoms with Gasteiger partial charge in [-0.05, 0) is 18.4 Å². The van der Waals surface area contributed by atoms with E-state index in [4.69, 9.17) is 15.2 Å². The molecule has 2 N–H and O–H groups in total. The van der Waals surface area contributed by atoms with E-state index >= 15 is 0 Å². The number of carbonyl (C=O) groups excluding carboxylic acids is 2. The van der Waals surface area contributed by atoms with Crippen LogP contribution < -0.4 is 5.73 Å². The Hall–Kier alpha value is -1.88. The molecule has 21 heavy (non-hydrogen) atoms. The molecule has 1 aromatic rings. The third-order valence-corrected chi connectivity index (χ3v) is 3.23. The first-order chi connectivity index (χ1) is 10.0. The highest BCUT2D eigenvalue weighted by atomic mass is 16.6. The molecule has 1 atom stereocenters. The van der Waals surface area contributed by atoms with Crippen molar-refractivity contribution < 1.29 is 19.1 Å². The van der Waals surface area contributed by atoms with Gasteiger partial charge in [-0.2, -0.15) is 0 Å². The third kappa shape index (κ3) is 4.86. The Morgan fingerprint density at radius 1 is 1.10 bits per heavy atom. The summed E-state index contributed by atoms with van der Waals surface area (Å²) >= 11 is 0. The van der Waals surface area contributed by atoms with Gasteiger partial charge in [0.25, 0.3) is 0 Å². The first kappa shape index (κ1) is 17.2. The van der Waals surface area contributed by atoms with Crippen molar-refractivity contribution in [3.63, 3.8) is 0 Å². The summed E-state index contributed by atoms with van der Waals surface area (Å²) in [6.07, 6.45) is 1.77. The molecule has 1 unspecified atom stereocenters. The molecule has 0 heterocycles. The molecule has 116 valence electrons. The topological polar surface area (TPSA) is 78.6 Å². The van der Waals surface area contributed by atoms with Gasteiger partial charge in [-0.3, -0.25) is 0 Å². The van der Waals surface area contributed by atoms with Crippen molar-refractivity contribution in [3.05, 3.63) is 35.9 Å². The summed E-state index contributed by atoms with van der Waals surface area (Å²) in [6, 6.07) is 9.22. The molecule has 0 aromatic heterocycles. The first-order valence-electron chi connectivity index (χ1n) is 7.21. The lowest BCUT2D eigenvalue weighted by Crippen LogP contribution is -2.56. The summed E-state index contributed by atoms with van der Waals surface area (Å²) in [6.45, 7) is 3.99. The predicted molar refractivity (Wildman–Crippen MR) is 79.3 cm³/mol. The number of esters is 2. The van der Waals surface area contributed by atoms with E-state index in [-0.39, 0.29) is 19.6 Å². The van der Waals surface area contributed by atoms with E-state index < -0.39 is 17.5 Å². The molecule has 1 aromatic carbocycles. The zero-order valence-corrected chi connectivity index (χ0v) is 12.6. The average Bonchev–Trinajstić information content (AvgIpc) is 2.52. The molecule has 0 aliphatic heterocycles. The van der Waals surface area contributed by atoms with Gasteiger partial charge in [-0.1, -0.05) is 50.6 Å². The van der Waals surface area contributed by atoms with Crippen molar-refractivity contribution in [1.29, 1.82) is 0 Å². The van der Waals surface area contributed by atoms with Crippen LogP contribution in [0, 0.1) is 0 Å². The van der Waals surface area contributed by atoms with Crippen molar-refractivity contribution in [2.45, 2.75) is 45.3 Å². The van der Waals surface area contributed by atoms with Gasteiger partial charge in [0.1, 0.15) is 6.61 Å². The molecule has 5 nitrogen and oxygen atoms in total. The average molecular weight is 293 g/mol. The van der Waals surface area contributed by atoms with E-state index in [2.05, 4.69) is 0 Å². The molecule has 0 amide bonds. The van der Waals surface area contributed by atoms with Gasteiger partial charge in [-0.25, -0.2) is 9.59 Å². The number of hydrogen-bond acceptors (Lipinski definition) is 5. The third-order valence-electron chi connectivity index (χ3n) is 3.23. The van der Waals surface area contributed by atoms with Crippen LogP contribution in [0.2, 0.25) is 0 Å². The standard InChI is InChI=1S/C16H23NO4/c1-3-5-11-20-14(18)16(17,4-2)15(19)21-12-13-9-7-6-8-10-13/h6-10H,3-5,11-12,17H2,1-2H3. The maximum Gasteiger partial charge on any atom is 0.338 e. The van der Waals surface area contributed by atoms with Crippen molar-refractivity contribution in [1.82, 2.24) is 0 Å². The minimum absolute atomic E-state index is 0.0842. The van der Waals surface area contributed by atoms with Crippen LogP contribution in [0.5, 0.6) is 0 Å². The molecule has 0 aliphatic rings. The number of rotatable bonds is 8. The molecule has 0 radical (unpaired) electrons. The van der Waals surface area contributed by atoms with Gasteiger partial charge in [-0.15, -0.1) is 0 Å². The Balaban J connectivity index is 2.60. The summed E-state index contributed by atoms with van der Waals surface area (Å²) in [5.74, 6) is -1.48. The van der Waals surface area contributed by atoms with Crippen molar-refractivity contribution in [2.75, 3.05) is 6.61 Å². The molecule has 0 fully saturated rings. The van der Waals surface area contributed by atoms with Gasteiger partial charge in [0.15, 0.2) is 0 Å². The van der Waals surface area contributed by atoms with Gasteiger partial charge in [0, 0.05) is 0 Å². The maximum atomic E-state index is 12.1.